The van der Waals surface area contributed by atoms with Crippen molar-refractivity contribution in [2.75, 3.05) is 44.7 Å². The monoisotopic (exact) mass is 443 g/mol. The Balaban J connectivity index is 1.44. The van der Waals surface area contributed by atoms with Gasteiger partial charge in [0.05, 0.1) is 0 Å². The molecule has 0 aromatic heterocycles. The fraction of sp³-hybridized carbons (Fsp3) is 0.600. The highest BCUT2D eigenvalue weighted by molar-refractivity contribution is 5.57. The van der Waals surface area contributed by atoms with Crippen molar-refractivity contribution in [3.63, 3.8) is 0 Å². The van der Waals surface area contributed by atoms with E-state index in [0.29, 0.717) is 17.9 Å². The lowest BCUT2D eigenvalue weighted by Gasteiger charge is -2.41. The van der Waals surface area contributed by atoms with Crippen LogP contribution in [0.15, 0.2) is 42.0 Å². The topological polar surface area (TPSA) is 18.5 Å². The zero-order valence-corrected chi connectivity index (χ0v) is 21.0. The number of benzene rings is 1. The van der Waals surface area contributed by atoms with Gasteiger partial charge in [-0.25, -0.2) is 0 Å². The Morgan fingerprint density at radius 1 is 1.24 bits per heavy atom. The van der Waals surface area contributed by atoms with Gasteiger partial charge in [0.1, 0.15) is 0 Å². The van der Waals surface area contributed by atoms with E-state index in [4.69, 9.17) is 0 Å². The highest BCUT2D eigenvalue weighted by atomic mass is 15.2. The van der Waals surface area contributed by atoms with Crippen LogP contribution >= 0.6 is 0 Å². The molecule has 0 radical (unpaired) electrons. The van der Waals surface area contributed by atoms with Crippen LogP contribution in [0.25, 0.3) is 0 Å². The molecule has 3 saturated heterocycles. The van der Waals surface area contributed by atoms with Crippen molar-refractivity contribution in [1.82, 2.24) is 10.2 Å². The second-order valence-electron chi connectivity index (χ2n) is 11.3. The van der Waals surface area contributed by atoms with E-state index in [2.05, 4.69) is 91.2 Å². The van der Waals surface area contributed by atoms with Crippen molar-refractivity contribution in [3.05, 3.63) is 53.1 Å². The quantitative estimate of drug-likeness (QED) is 0.669. The zero-order valence-electron chi connectivity index (χ0n) is 21.0. The first-order valence-corrected chi connectivity index (χ1v) is 13.1. The molecule has 1 aliphatic carbocycles. The van der Waals surface area contributed by atoms with Crippen LogP contribution in [0, 0.1) is 35.0 Å². The molecule has 5 atom stereocenters. The van der Waals surface area contributed by atoms with E-state index < -0.39 is 0 Å². The fourth-order valence-electron chi connectivity index (χ4n) is 6.30. The van der Waals surface area contributed by atoms with Crippen LogP contribution in [-0.2, 0) is 6.42 Å². The lowest BCUT2D eigenvalue weighted by Crippen LogP contribution is -2.51. The molecule has 3 nitrogen and oxygen atoms in total. The summed E-state index contributed by atoms with van der Waals surface area (Å²) >= 11 is 0. The molecule has 5 rings (SSSR count). The number of nitrogens with one attached hydrogen (secondary N) is 1. The first-order chi connectivity index (χ1) is 15.9. The van der Waals surface area contributed by atoms with Crippen molar-refractivity contribution >= 4 is 5.69 Å². The molecule has 3 aliphatic heterocycles. The van der Waals surface area contributed by atoms with Crippen LogP contribution in [0.4, 0.5) is 5.69 Å². The van der Waals surface area contributed by atoms with E-state index in [1.54, 1.807) is 0 Å². The molecule has 3 fully saturated rings. The molecule has 0 spiro atoms. The van der Waals surface area contributed by atoms with Crippen molar-refractivity contribution in [2.45, 2.75) is 52.5 Å². The molecule has 0 amide bonds. The average Bonchev–Trinajstić information content (AvgIpc) is 3.08. The minimum absolute atomic E-state index is 0.0664. The number of allylic oxidation sites excluding steroid dienone is 4. The summed E-state index contributed by atoms with van der Waals surface area (Å²) in [5.74, 6) is 9.65. The van der Waals surface area contributed by atoms with Crippen LogP contribution in [0.5, 0.6) is 0 Å². The fourth-order valence-corrected chi connectivity index (χ4v) is 6.30. The Hall–Kier alpha value is -2.02. The summed E-state index contributed by atoms with van der Waals surface area (Å²) in [6.45, 7) is 12.8. The minimum Gasteiger partial charge on any atom is -0.370 e. The van der Waals surface area contributed by atoms with Gasteiger partial charge in [0.2, 0.25) is 0 Å². The maximum absolute atomic E-state index is 3.79. The maximum Gasteiger partial charge on any atom is 0.0445 e. The Kier molecular flexibility index (Phi) is 6.43. The highest BCUT2D eigenvalue weighted by Gasteiger charge is 2.39. The number of fused-ring (bicyclic) bond motifs is 1. The molecule has 5 unspecified atom stereocenters. The molecule has 33 heavy (non-hydrogen) atoms. The number of nitrogens with zero attached hydrogens (tertiary/aromatic N) is 2. The molecule has 176 valence electrons. The first-order valence-electron chi connectivity index (χ1n) is 13.1. The SMILES string of the molecule is CCC1CCN(C)CC1(C)C#Cc1ccc(N2CC3CNC3C2)cc1CC1=CCC(C)C=C1. The van der Waals surface area contributed by atoms with Gasteiger partial charge < -0.3 is 15.1 Å². The number of piperidine rings is 1. The third-order valence-corrected chi connectivity index (χ3v) is 8.66. The summed E-state index contributed by atoms with van der Waals surface area (Å²) in [6.07, 6.45) is 11.7. The van der Waals surface area contributed by atoms with E-state index >= 15 is 0 Å². The predicted octanol–water partition coefficient (Wildman–Crippen LogP) is 4.88. The summed E-state index contributed by atoms with van der Waals surface area (Å²) in [7, 11) is 2.24. The number of anilines is 1. The summed E-state index contributed by atoms with van der Waals surface area (Å²) in [5, 5.41) is 3.59. The Bertz CT molecular complexity index is 984. The molecule has 1 N–H and O–H groups in total. The van der Waals surface area contributed by atoms with Crippen molar-refractivity contribution in [2.24, 2.45) is 23.2 Å². The molecule has 0 saturated carbocycles. The standard InChI is InChI=1S/C30H41N3/c1-5-27-13-15-32(4)21-30(27,3)14-12-24-10-11-28(33-19-26-18-31-29(26)20-33)17-25(24)16-23-8-6-22(2)7-9-23/h6,8-11,17,22,26-27,29,31H,5,7,13,15-16,18-21H2,1-4H3. The molecule has 3 heterocycles. The summed E-state index contributed by atoms with van der Waals surface area (Å²) < 4.78 is 0. The summed E-state index contributed by atoms with van der Waals surface area (Å²) in [6, 6.07) is 7.75. The number of hydrogen-bond acceptors (Lipinski definition) is 3. The second kappa shape index (κ2) is 9.32. The zero-order chi connectivity index (χ0) is 23.0. The molecular formula is C30H41N3. The van der Waals surface area contributed by atoms with E-state index in [-0.39, 0.29) is 5.41 Å². The van der Waals surface area contributed by atoms with Crippen molar-refractivity contribution in [1.29, 1.82) is 0 Å². The van der Waals surface area contributed by atoms with Gasteiger partial charge in [-0.1, -0.05) is 50.3 Å². The third-order valence-electron chi connectivity index (χ3n) is 8.66. The van der Waals surface area contributed by atoms with Gasteiger partial charge in [0.25, 0.3) is 0 Å². The normalized spacial score (nSPS) is 33.7. The molecular weight excluding hydrogens is 402 g/mol. The van der Waals surface area contributed by atoms with Gasteiger partial charge >= 0.3 is 0 Å². The van der Waals surface area contributed by atoms with Gasteiger partial charge in [0, 0.05) is 54.8 Å². The van der Waals surface area contributed by atoms with E-state index in [0.717, 1.165) is 31.8 Å². The second-order valence-corrected chi connectivity index (χ2v) is 11.3. The predicted molar refractivity (Wildman–Crippen MR) is 140 cm³/mol. The molecule has 0 bridgehead atoms. The molecule has 3 heteroatoms. The van der Waals surface area contributed by atoms with Crippen LogP contribution < -0.4 is 10.2 Å². The molecule has 1 aromatic rings. The van der Waals surface area contributed by atoms with Gasteiger partial charge in [-0.3, -0.25) is 0 Å². The van der Waals surface area contributed by atoms with E-state index in [9.17, 15) is 0 Å². The molecule has 4 aliphatic rings. The largest absolute Gasteiger partial charge is 0.370 e. The van der Waals surface area contributed by atoms with Crippen LogP contribution in [-0.4, -0.2) is 50.7 Å². The van der Waals surface area contributed by atoms with Crippen LogP contribution in [0.3, 0.4) is 0 Å². The average molecular weight is 444 g/mol. The van der Waals surface area contributed by atoms with Gasteiger partial charge in [-0.15, -0.1) is 0 Å². The Labute approximate surface area is 201 Å². The molecule has 1 aromatic carbocycles. The number of hydrogen-bond donors (Lipinski definition) is 1. The van der Waals surface area contributed by atoms with Crippen molar-refractivity contribution < 1.29 is 0 Å². The van der Waals surface area contributed by atoms with Crippen LogP contribution in [0.1, 0.15) is 51.2 Å². The lowest BCUT2D eigenvalue weighted by atomic mass is 9.71. The smallest absolute Gasteiger partial charge is 0.0445 e. The summed E-state index contributed by atoms with van der Waals surface area (Å²) in [5.41, 5.74) is 5.48. The minimum atomic E-state index is 0.0664. The Morgan fingerprint density at radius 3 is 2.79 bits per heavy atom. The van der Waals surface area contributed by atoms with Crippen LogP contribution in [0.2, 0.25) is 0 Å². The summed E-state index contributed by atoms with van der Waals surface area (Å²) in [4.78, 5) is 5.03. The third kappa shape index (κ3) is 4.79. The van der Waals surface area contributed by atoms with Gasteiger partial charge in [-0.2, -0.15) is 0 Å². The van der Waals surface area contributed by atoms with Crippen molar-refractivity contribution in [3.8, 4) is 11.8 Å². The maximum atomic E-state index is 3.79. The highest BCUT2D eigenvalue weighted by Crippen LogP contribution is 2.37. The van der Waals surface area contributed by atoms with Gasteiger partial charge in [-0.05, 0) is 81.0 Å². The lowest BCUT2D eigenvalue weighted by molar-refractivity contribution is 0.101. The van der Waals surface area contributed by atoms with E-state index in [1.165, 1.54) is 54.9 Å². The number of likely N-dealkylation sites (tertiary alicyclic amines) is 1. The van der Waals surface area contributed by atoms with Gasteiger partial charge in [0.15, 0.2) is 0 Å². The van der Waals surface area contributed by atoms with E-state index in [1.807, 2.05) is 0 Å². The first kappa shape index (κ1) is 22.8. The number of rotatable bonds is 4. The Morgan fingerprint density at radius 2 is 2.12 bits per heavy atom.